The fourth-order valence-corrected chi connectivity index (χ4v) is 1.82. The van der Waals surface area contributed by atoms with Gasteiger partial charge in [0.2, 0.25) is 0 Å². The molecule has 0 amide bonds. The molecule has 0 atom stereocenters. The average molecular weight is 306 g/mol. The van der Waals surface area contributed by atoms with Crippen LogP contribution in [0, 0.1) is 20.2 Å². The van der Waals surface area contributed by atoms with E-state index in [1.807, 2.05) is 0 Å². The predicted octanol–water partition coefficient (Wildman–Crippen LogP) is 1.59. The first-order chi connectivity index (χ1) is 10.4. The summed E-state index contributed by atoms with van der Waals surface area (Å²) in [5, 5.41) is 21.6. The number of hydrogen-bond acceptors (Lipinski definition) is 7. The maximum atomic E-state index is 12.1. The predicted molar refractivity (Wildman–Crippen MR) is 72.9 cm³/mol. The van der Waals surface area contributed by atoms with Crippen molar-refractivity contribution in [1.82, 2.24) is 9.55 Å². The lowest BCUT2D eigenvalue weighted by molar-refractivity contribution is -0.428. The van der Waals surface area contributed by atoms with E-state index in [1.165, 1.54) is 7.11 Å². The van der Waals surface area contributed by atoms with Crippen LogP contribution in [0.5, 0.6) is 5.75 Å². The topological polar surface area (TPSA) is 130 Å². The molecular weight excluding hydrogens is 296 g/mol. The van der Waals surface area contributed by atoms with Gasteiger partial charge in [0.15, 0.2) is 0 Å². The highest BCUT2D eigenvalue weighted by molar-refractivity contribution is 5.84. The van der Waals surface area contributed by atoms with Crippen molar-refractivity contribution in [2.24, 2.45) is 0 Å². The van der Waals surface area contributed by atoms with Gasteiger partial charge >= 0.3 is 23.9 Å². The highest BCUT2D eigenvalue weighted by atomic mass is 16.6. The lowest BCUT2D eigenvalue weighted by Crippen LogP contribution is -2.15. The lowest BCUT2D eigenvalue weighted by atomic mass is 10.1. The Morgan fingerprint density at radius 2 is 1.86 bits per heavy atom. The Labute approximate surface area is 123 Å². The van der Waals surface area contributed by atoms with Gasteiger partial charge in [-0.15, -0.1) is 4.57 Å². The Balaban J connectivity index is 2.29. The second kappa shape index (κ2) is 5.99. The molecule has 0 unspecified atom stereocenters. The monoisotopic (exact) mass is 306 g/mol. The molecule has 10 heteroatoms. The van der Waals surface area contributed by atoms with Gasteiger partial charge in [0.1, 0.15) is 5.75 Å². The first-order valence-corrected chi connectivity index (χ1v) is 5.96. The summed E-state index contributed by atoms with van der Waals surface area (Å²) in [6.45, 7) is 0. The van der Waals surface area contributed by atoms with Crippen LogP contribution >= 0.6 is 0 Å². The lowest BCUT2D eigenvalue weighted by Gasteiger charge is -2.02. The van der Waals surface area contributed by atoms with E-state index in [-0.39, 0.29) is 6.42 Å². The summed E-state index contributed by atoms with van der Waals surface area (Å²) >= 11 is 0. The number of ether oxygens (including phenoxy) is 1. The van der Waals surface area contributed by atoms with Gasteiger partial charge in [0.25, 0.3) is 0 Å². The molecule has 0 N–H and O–H groups in total. The molecule has 0 fully saturated rings. The molecule has 0 aliphatic rings. The van der Waals surface area contributed by atoms with E-state index in [0.29, 0.717) is 15.9 Å². The van der Waals surface area contributed by atoms with E-state index >= 15 is 0 Å². The van der Waals surface area contributed by atoms with Crippen molar-refractivity contribution >= 4 is 17.5 Å². The first kappa shape index (κ1) is 15.1. The number of carbonyl (C=O) groups excluding carboxylic acids is 1. The van der Waals surface area contributed by atoms with Crippen LogP contribution in [0.15, 0.2) is 30.6 Å². The van der Waals surface area contributed by atoms with Gasteiger partial charge in [-0.25, -0.2) is 4.79 Å². The van der Waals surface area contributed by atoms with Crippen molar-refractivity contribution < 1.29 is 19.4 Å². The molecule has 0 radical (unpaired) electrons. The summed E-state index contributed by atoms with van der Waals surface area (Å²) in [5.74, 6) is -2.02. The number of imidazole rings is 1. The van der Waals surface area contributed by atoms with Crippen molar-refractivity contribution in [3.05, 3.63) is 56.4 Å². The van der Waals surface area contributed by atoms with Crippen LogP contribution in [-0.2, 0) is 6.42 Å². The van der Waals surface area contributed by atoms with Crippen LogP contribution in [-0.4, -0.2) is 32.4 Å². The second-order valence-electron chi connectivity index (χ2n) is 4.19. The van der Waals surface area contributed by atoms with E-state index in [4.69, 9.17) is 4.74 Å². The fourth-order valence-electron chi connectivity index (χ4n) is 1.82. The molecule has 0 spiro atoms. The molecule has 114 valence electrons. The molecule has 0 aliphatic heterocycles. The summed E-state index contributed by atoms with van der Waals surface area (Å²) in [6, 6.07) is 6.50. The Hall–Kier alpha value is -3.30. The summed E-state index contributed by atoms with van der Waals surface area (Å²) in [4.78, 5) is 35.0. The number of nitro groups is 2. The summed E-state index contributed by atoms with van der Waals surface area (Å²) in [5.41, 5.74) is 0.580. The average Bonchev–Trinajstić information content (AvgIpc) is 2.93. The zero-order valence-corrected chi connectivity index (χ0v) is 11.3. The quantitative estimate of drug-likeness (QED) is 0.605. The van der Waals surface area contributed by atoms with Gasteiger partial charge in [-0.1, -0.05) is 12.1 Å². The SMILES string of the molecule is COc1ccc(CC(=O)n2cnc([N+](=O)[O-])c2[N+](=O)[O-])cc1. The number of rotatable bonds is 5. The van der Waals surface area contributed by atoms with E-state index in [1.54, 1.807) is 24.3 Å². The van der Waals surface area contributed by atoms with Gasteiger partial charge in [-0.05, 0) is 27.5 Å². The van der Waals surface area contributed by atoms with Crippen molar-refractivity contribution in [3.63, 3.8) is 0 Å². The Kier molecular flexibility index (Phi) is 4.11. The standard InChI is InChI=1S/C12H10N4O6/c1-22-9-4-2-8(3-5-9)6-10(17)14-7-13-11(15(18)19)12(14)16(20)21/h2-5,7H,6H2,1H3. The van der Waals surface area contributed by atoms with Gasteiger partial charge in [0, 0.05) is 4.98 Å². The molecule has 1 heterocycles. The number of hydrogen-bond donors (Lipinski definition) is 0. The molecule has 22 heavy (non-hydrogen) atoms. The molecule has 10 nitrogen and oxygen atoms in total. The maximum absolute atomic E-state index is 12.1. The highest BCUT2D eigenvalue weighted by Crippen LogP contribution is 2.25. The molecule has 2 rings (SSSR count). The smallest absolute Gasteiger partial charge is 0.463 e. The zero-order chi connectivity index (χ0) is 16.3. The highest BCUT2D eigenvalue weighted by Gasteiger charge is 2.35. The van der Waals surface area contributed by atoms with Crippen LogP contribution in [0.2, 0.25) is 0 Å². The Bertz CT molecular complexity index is 737. The van der Waals surface area contributed by atoms with Gasteiger partial charge in [-0.2, -0.15) is 0 Å². The van der Waals surface area contributed by atoms with E-state index in [0.717, 1.165) is 6.33 Å². The van der Waals surface area contributed by atoms with Crippen molar-refractivity contribution in [2.75, 3.05) is 7.11 Å². The van der Waals surface area contributed by atoms with Crippen LogP contribution < -0.4 is 4.74 Å². The van der Waals surface area contributed by atoms with Gasteiger partial charge in [0.05, 0.1) is 13.5 Å². The van der Waals surface area contributed by atoms with E-state index < -0.39 is 27.4 Å². The third kappa shape index (κ3) is 2.90. The van der Waals surface area contributed by atoms with Gasteiger partial charge < -0.3 is 25.0 Å². The second-order valence-corrected chi connectivity index (χ2v) is 4.19. The summed E-state index contributed by atoms with van der Waals surface area (Å²) < 4.78 is 5.55. The number of benzene rings is 1. The summed E-state index contributed by atoms with van der Waals surface area (Å²) in [6.07, 6.45) is 0.612. The minimum Gasteiger partial charge on any atom is -0.497 e. The van der Waals surface area contributed by atoms with Gasteiger partial charge in [-0.3, -0.25) is 0 Å². The molecule has 0 bridgehead atoms. The maximum Gasteiger partial charge on any atom is 0.463 e. The molecule has 2 aromatic rings. The fraction of sp³-hybridized carbons (Fsp3) is 0.167. The van der Waals surface area contributed by atoms with Crippen LogP contribution in [0.25, 0.3) is 0 Å². The first-order valence-electron chi connectivity index (χ1n) is 5.96. The number of aromatic nitrogens is 2. The Morgan fingerprint density at radius 1 is 1.23 bits per heavy atom. The molecule has 1 aromatic heterocycles. The van der Waals surface area contributed by atoms with Crippen LogP contribution in [0.3, 0.4) is 0 Å². The van der Waals surface area contributed by atoms with E-state index in [9.17, 15) is 25.0 Å². The zero-order valence-electron chi connectivity index (χ0n) is 11.3. The molecule has 0 saturated carbocycles. The molecule has 0 saturated heterocycles. The van der Waals surface area contributed by atoms with Crippen molar-refractivity contribution in [1.29, 1.82) is 0 Å². The largest absolute Gasteiger partial charge is 0.497 e. The van der Waals surface area contributed by atoms with Crippen LogP contribution in [0.1, 0.15) is 10.4 Å². The number of carbonyl (C=O) groups is 1. The minimum absolute atomic E-state index is 0.168. The third-order valence-corrected chi connectivity index (χ3v) is 2.85. The van der Waals surface area contributed by atoms with Crippen molar-refractivity contribution in [3.8, 4) is 5.75 Å². The Morgan fingerprint density at radius 3 is 2.36 bits per heavy atom. The number of nitrogens with zero attached hydrogens (tertiary/aromatic N) is 4. The molecule has 1 aromatic carbocycles. The molecular formula is C12H10N4O6. The molecule has 0 aliphatic carbocycles. The van der Waals surface area contributed by atoms with Crippen LogP contribution in [0.4, 0.5) is 11.6 Å². The minimum atomic E-state index is -1.00. The third-order valence-electron chi connectivity index (χ3n) is 2.85. The normalized spacial score (nSPS) is 10.2. The number of methoxy groups -OCH3 is 1. The van der Waals surface area contributed by atoms with E-state index in [2.05, 4.69) is 4.98 Å². The van der Waals surface area contributed by atoms with Crippen molar-refractivity contribution in [2.45, 2.75) is 6.42 Å². The summed E-state index contributed by atoms with van der Waals surface area (Å²) in [7, 11) is 1.49.